The second kappa shape index (κ2) is 10.1. The second-order valence-corrected chi connectivity index (χ2v) is 7.91. The van der Waals surface area contributed by atoms with Crippen LogP contribution in [0.1, 0.15) is 62.0 Å². The maximum absolute atomic E-state index is 12.8. The molecule has 1 saturated heterocycles. The van der Waals surface area contributed by atoms with Crippen LogP contribution in [0.5, 0.6) is 0 Å². The number of hydrogen-bond donors (Lipinski definition) is 0. The van der Waals surface area contributed by atoms with Gasteiger partial charge in [-0.2, -0.15) is 4.91 Å². The molecule has 1 fully saturated rings. The molecule has 0 aromatic carbocycles. The summed E-state index contributed by atoms with van der Waals surface area (Å²) >= 11 is -0.295. The zero-order valence-corrected chi connectivity index (χ0v) is 17.4. The van der Waals surface area contributed by atoms with Gasteiger partial charge in [0.2, 0.25) is 0 Å². The Labute approximate surface area is 174 Å². The number of aryl methyl sites for hydroxylation is 1. The SMILES string of the molecule is Cc1nc(CC2(N=O)CCCC=C2OSF)c(CN=O)c(N2CCCCCC2)n1. The average Bonchev–Trinajstić information content (AvgIpc) is 3.01. The van der Waals surface area contributed by atoms with Crippen LogP contribution >= 0.6 is 12.4 Å². The van der Waals surface area contributed by atoms with Crippen molar-refractivity contribution in [3.63, 3.8) is 0 Å². The molecule has 1 aliphatic carbocycles. The molecule has 0 saturated carbocycles. The number of anilines is 1. The van der Waals surface area contributed by atoms with Crippen molar-refractivity contribution in [1.29, 1.82) is 0 Å². The van der Waals surface area contributed by atoms with Crippen molar-refractivity contribution in [2.24, 2.45) is 10.4 Å². The zero-order chi connectivity index (χ0) is 20.7. The van der Waals surface area contributed by atoms with Gasteiger partial charge in [-0.3, -0.25) is 0 Å². The molecule has 0 bridgehead atoms. The summed E-state index contributed by atoms with van der Waals surface area (Å²) in [5.74, 6) is 1.47. The van der Waals surface area contributed by atoms with Gasteiger partial charge in [0.25, 0.3) is 12.4 Å². The van der Waals surface area contributed by atoms with Gasteiger partial charge >= 0.3 is 0 Å². The summed E-state index contributed by atoms with van der Waals surface area (Å²) in [5, 5.41) is 6.45. The highest BCUT2D eigenvalue weighted by atomic mass is 32.2. The van der Waals surface area contributed by atoms with Gasteiger partial charge in [0.05, 0.1) is 5.69 Å². The van der Waals surface area contributed by atoms with Crippen molar-refractivity contribution in [1.82, 2.24) is 9.97 Å². The predicted molar refractivity (Wildman–Crippen MR) is 111 cm³/mol. The van der Waals surface area contributed by atoms with Crippen LogP contribution in [0.15, 0.2) is 22.2 Å². The van der Waals surface area contributed by atoms with Crippen LogP contribution in [0.4, 0.5) is 9.70 Å². The maximum Gasteiger partial charge on any atom is 0.271 e. The van der Waals surface area contributed by atoms with Gasteiger partial charge in [0.15, 0.2) is 5.54 Å². The molecule has 2 heterocycles. The van der Waals surface area contributed by atoms with Crippen molar-refractivity contribution in [2.75, 3.05) is 18.0 Å². The first-order valence-electron chi connectivity index (χ1n) is 10.0. The third-order valence-corrected chi connectivity index (χ3v) is 5.89. The Morgan fingerprint density at radius 1 is 1.21 bits per heavy atom. The Morgan fingerprint density at radius 3 is 2.62 bits per heavy atom. The Bertz CT molecular complexity index is 770. The van der Waals surface area contributed by atoms with Crippen LogP contribution in [0.3, 0.4) is 0 Å². The molecule has 10 heteroatoms. The fourth-order valence-electron chi connectivity index (χ4n) is 4.22. The van der Waals surface area contributed by atoms with Gasteiger partial charge in [-0.25, -0.2) is 9.97 Å². The molecule has 0 amide bonds. The number of nitroso groups, excluding NO2 is 2. The first kappa shape index (κ1) is 21.6. The molecule has 3 rings (SSSR count). The molecule has 8 nitrogen and oxygen atoms in total. The minimum absolute atomic E-state index is 0.0891. The first-order valence-corrected chi connectivity index (χ1v) is 10.7. The fraction of sp³-hybridized carbons (Fsp3) is 0.684. The normalized spacial score (nSPS) is 22.6. The lowest BCUT2D eigenvalue weighted by Crippen LogP contribution is -2.35. The van der Waals surface area contributed by atoms with Crippen LogP contribution in [-0.2, 0) is 17.1 Å². The predicted octanol–water partition coefficient (Wildman–Crippen LogP) is 5.10. The lowest BCUT2D eigenvalue weighted by molar-refractivity contribution is 0.294. The maximum atomic E-state index is 12.8. The van der Waals surface area contributed by atoms with Crippen LogP contribution < -0.4 is 4.90 Å². The van der Waals surface area contributed by atoms with E-state index in [4.69, 9.17) is 4.18 Å². The molecule has 29 heavy (non-hydrogen) atoms. The molecule has 2 aliphatic rings. The van der Waals surface area contributed by atoms with Gasteiger partial charge in [-0.05, 0) is 45.1 Å². The summed E-state index contributed by atoms with van der Waals surface area (Å²) in [6, 6.07) is 0. The molecule has 0 radical (unpaired) electrons. The van der Waals surface area contributed by atoms with Gasteiger partial charge in [-0.15, -0.1) is 8.79 Å². The Morgan fingerprint density at radius 2 is 1.97 bits per heavy atom. The van der Waals surface area contributed by atoms with E-state index in [1.54, 1.807) is 13.0 Å². The number of halogens is 1. The third-order valence-electron chi connectivity index (χ3n) is 5.65. The summed E-state index contributed by atoms with van der Waals surface area (Å²) in [6.07, 6.45) is 8.13. The molecular formula is C19H26FN5O3S. The minimum Gasteiger partial charge on any atom is -0.399 e. The summed E-state index contributed by atoms with van der Waals surface area (Å²) in [6.45, 7) is 3.40. The lowest BCUT2D eigenvalue weighted by atomic mass is 9.81. The molecule has 1 unspecified atom stereocenters. The molecule has 1 aliphatic heterocycles. The largest absolute Gasteiger partial charge is 0.399 e. The highest BCUT2D eigenvalue weighted by Crippen LogP contribution is 2.40. The highest BCUT2D eigenvalue weighted by molar-refractivity contribution is 7.89. The Kier molecular flexibility index (Phi) is 7.51. The van der Waals surface area contributed by atoms with E-state index < -0.39 is 5.54 Å². The Balaban J connectivity index is 2.03. The summed E-state index contributed by atoms with van der Waals surface area (Å²) in [5.41, 5.74) is -0.0733. The quantitative estimate of drug-likeness (QED) is 0.424. The van der Waals surface area contributed by atoms with E-state index in [-0.39, 0.29) is 31.2 Å². The van der Waals surface area contributed by atoms with E-state index in [9.17, 15) is 13.7 Å². The third kappa shape index (κ3) is 4.91. The van der Waals surface area contributed by atoms with Crippen molar-refractivity contribution in [3.05, 3.63) is 38.7 Å². The standard InChI is InChI=1S/C19H26FN5O3S/c1-14-22-16(12-19(24-27)9-5-4-8-17(19)28-29-20)15(13-21-26)18(23-14)25-10-6-2-3-7-11-25/h8H,2-7,9-13H2,1H3. The number of hydrogen-bond acceptors (Lipinski definition) is 9. The van der Waals surface area contributed by atoms with Crippen molar-refractivity contribution in [2.45, 2.75) is 70.4 Å². The lowest BCUT2D eigenvalue weighted by Gasteiger charge is -2.31. The summed E-state index contributed by atoms with van der Waals surface area (Å²) < 4.78 is 17.9. The van der Waals surface area contributed by atoms with E-state index in [2.05, 4.69) is 25.2 Å². The van der Waals surface area contributed by atoms with E-state index in [1.807, 2.05) is 0 Å². The highest BCUT2D eigenvalue weighted by Gasteiger charge is 2.42. The smallest absolute Gasteiger partial charge is 0.271 e. The second-order valence-electron chi connectivity index (χ2n) is 7.61. The van der Waals surface area contributed by atoms with Crippen LogP contribution in [0, 0.1) is 16.7 Å². The number of nitrogens with zero attached hydrogens (tertiary/aromatic N) is 5. The van der Waals surface area contributed by atoms with E-state index in [0.29, 0.717) is 35.7 Å². The van der Waals surface area contributed by atoms with E-state index >= 15 is 0 Å². The number of allylic oxidation sites excluding steroid dienone is 1. The van der Waals surface area contributed by atoms with Gasteiger partial charge < -0.3 is 9.08 Å². The fourth-order valence-corrected chi connectivity index (χ4v) is 4.51. The molecule has 1 aromatic rings. The number of aromatic nitrogens is 2. The summed E-state index contributed by atoms with van der Waals surface area (Å²) in [4.78, 5) is 34.5. The molecule has 0 N–H and O–H groups in total. The van der Waals surface area contributed by atoms with Gasteiger partial charge in [0.1, 0.15) is 23.9 Å². The van der Waals surface area contributed by atoms with E-state index in [0.717, 1.165) is 32.4 Å². The zero-order valence-electron chi connectivity index (χ0n) is 16.6. The van der Waals surface area contributed by atoms with Crippen molar-refractivity contribution in [3.8, 4) is 0 Å². The molecule has 0 spiro atoms. The van der Waals surface area contributed by atoms with Crippen molar-refractivity contribution < 1.29 is 8.07 Å². The molecular weight excluding hydrogens is 397 g/mol. The molecule has 1 aromatic heterocycles. The average molecular weight is 424 g/mol. The molecule has 158 valence electrons. The van der Waals surface area contributed by atoms with E-state index in [1.165, 1.54) is 12.8 Å². The van der Waals surface area contributed by atoms with Gasteiger partial charge in [-0.1, -0.05) is 23.2 Å². The summed E-state index contributed by atoms with van der Waals surface area (Å²) in [7, 11) is 0. The number of rotatable bonds is 8. The van der Waals surface area contributed by atoms with Crippen LogP contribution in [-0.4, -0.2) is 28.6 Å². The van der Waals surface area contributed by atoms with Crippen LogP contribution in [0.2, 0.25) is 0 Å². The van der Waals surface area contributed by atoms with Crippen molar-refractivity contribution >= 4 is 18.2 Å². The topological polar surface area (TPSA) is 97.1 Å². The van der Waals surface area contributed by atoms with Gasteiger partial charge in [0, 0.05) is 25.1 Å². The van der Waals surface area contributed by atoms with Crippen LogP contribution in [0.25, 0.3) is 0 Å². The Hall–Kier alpha value is -2.10. The first-order chi connectivity index (χ1) is 14.1. The molecule has 1 atom stereocenters. The minimum atomic E-state index is -1.24. The monoisotopic (exact) mass is 423 g/mol.